The van der Waals surface area contributed by atoms with Crippen LogP contribution in [0.2, 0.25) is 0 Å². The van der Waals surface area contributed by atoms with Gasteiger partial charge in [-0.05, 0) is 13.8 Å². The lowest BCUT2D eigenvalue weighted by Gasteiger charge is -2.32. The molecular formula is C13H18N2O4. The molecule has 0 saturated heterocycles. The normalized spacial score (nSPS) is 12.9. The third-order valence-electron chi connectivity index (χ3n) is 2.32. The minimum atomic E-state index is -0.647. The van der Waals surface area contributed by atoms with Crippen molar-refractivity contribution in [3.05, 3.63) is 25.3 Å². The highest BCUT2D eigenvalue weighted by atomic mass is 16.6. The summed E-state index contributed by atoms with van der Waals surface area (Å²) in [7, 11) is 0. The molecule has 2 atom stereocenters. The Hall–Kier alpha value is -2.13. The molecule has 2 unspecified atom stereocenters. The van der Waals surface area contributed by atoms with Gasteiger partial charge in [0.1, 0.15) is 0 Å². The van der Waals surface area contributed by atoms with E-state index in [0.29, 0.717) is 6.54 Å². The second-order valence-corrected chi connectivity index (χ2v) is 3.63. The Morgan fingerprint density at radius 2 is 1.63 bits per heavy atom. The Labute approximate surface area is 112 Å². The zero-order chi connectivity index (χ0) is 14.8. The number of hydrogen-bond donors (Lipinski definition) is 0. The van der Waals surface area contributed by atoms with E-state index < -0.39 is 24.4 Å². The lowest BCUT2D eigenvalue weighted by atomic mass is 10.3. The lowest BCUT2D eigenvalue weighted by Crippen LogP contribution is -2.45. The molecule has 104 valence electrons. The Morgan fingerprint density at radius 1 is 1.21 bits per heavy atom. The zero-order valence-corrected chi connectivity index (χ0v) is 11.2. The van der Waals surface area contributed by atoms with Crippen molar-refractivity contribution in [1.82, 2.24) is 4.90 Å². The number of rotatable bonds is 8. The van der Waals surface area contributed by atoms with Crippen LogP contribution in [0, 0.1) is 11.3 Å². The van der Waals surface area contributed by atoms with E-state index >= 15 is 0 Å². The average Bonchev–Trinajstić information content (AvgIpc) is 2.38. The smallest absolute Gasteiger partial charge is 0.331 e. The molecule has 0 aliphatic rings. The van der Waals surface area contributed by atoms with Crippen LogP contribution in [0.15, 0.2) is 25.3 Å². The van der Waals surface area contributed by atoms with E-state index in [1.165, 1.54) is 0 Å². The van der Waals surface area contributed by atoms with Crippen molar-refractivity contribution >= 4 is 11.9 Å². The van der Waals surface area contributed by atoms with Gasteiger partial charge >= 0.3 is 11.9 Å². The van der Waals surface area contributed by atoms with E-state index in [-0.39, 0.29) is 6.42 Å². The van der Waals surface area contributed by atoms with Crippen LogP contribution in [0.3, 0.4) is 0 Å². The summed E-state index contributed by atoms with van der Waals surface area (Å²) in [5.74, 6) is -1.17. The maximum absolute atomic E-state index is 11.1. The molecule has 0 aromatic carbocycles. The number of carbonyl (C=O) groups excluding carboxylic acids is 2. The van der Waals surface area contributed by atoms with E-state index in [4.69, 9.17) is 14.7 Å². The van der Waals surface area contributed by atoms with Gasteiger partial charge in [-0.3, -0.25) is 0 Å². The summed E-state index contributed by atoms with van der Waals surface area (Å²) in [6.07, 6.45) is 1.00. The van der Waals surface area contributed by atoms with Gasteiger partial charge in [0.15, 0.2) is 12.5 Å². The quantitative estimate of drug-likeness (QED) is 0.375. The molecule has 6 nitrogen and oxygen atoms in total. The highest BCUT2D eigenvalue weighted by molar-refractivity contribution is 5.81. The molecule has 0 aromatic rings. The SMILES string of the molecule is C=CC(=O)OC(C)N(CCC#N)C(C)OC(=O)C=C. The van der Waals surface area contributed by atoms with E-state index in [1.54, 1.807) is 18.7 Å². The van der Waals surface area contributed by atoms with Gasteiger partial charge in [-0.1, -0.05) is 13.2 Å². The van der Waals surface area contributed by atoms with Gasteiger partial charge in [-0.15, -0.1) is 0 Å². The molecule has 6 heteroatoms. The number of esters is 2. The van der Waals surface area contributed by atoms with Crippen molar-refractivity contribution in [3.63, 3.8) is 0 Å². The summed E-state index contributed by atoms with van der Waals surface area (Å²) in [6, 6.07) is 1.98. The predicted molar refractivity (Wildman–Crippen MR) is 68.4 cm³/mol. The van der Waals surface area contributed by atoms with E-state index in [0.717, 1.165) is 12.2 Å². The van der Waals surface area contributed by atoms with Crippen LogP contribution in [0.4, 0.5) is 0 Å². The first kappa shape index (κ1) is 16.9. The number of hydrogen-bond acceptors (Lipinski definition) is 6. The molecule has 0 spiro atoms. The standard InChI is InChI=1S/C13H18N2O4/c1-5-12(16)18-10(3)15(9-7-8-14)11(4)19-13(17)6-2/h5-6,10-11H,1-2,7,9H2,3-4H3. The number of nitriles is 1. The van der Waals surface area contributed by atoms with Crippen LogP contribution in [-0.2, 0) is 19.1 Å². The molecule has 0 N–H and O–H groups in total. The minimum absolute atomic E-state index is 0.214. The minimum Gasteiger partial charge on any atom is -0.443 e. The Kier molecular flexibility index (Phi) is 7.89. The first-order valence-electron chi connectivity index (χ1n) is 5.75. The second-order valence-electron chi connectivity index (χ2n) is 3.63. The molecule has 0 heterocycles. The molecule has 0 aromatic heterocycles. The van der Waals surface area contributed by atoms with Crippen molar-refractivity contribution in [2.75, 3.05) is 6.54 Å². The van der Waals surface area contributed by atoms with Crippen LogP contribution in [0.1, 0.15) is 20.3 Å². The number of nitrogens with zero attached hydrogens (tertiary/aromatic N) is 2. The van der Waals surface area contributed by atoms with E-state index in [9.17, 15) is 9.59 Å². The summed E-state index contributed by atoms with van der Waals surface area (Å²) in [5.41, 5.74) is 0. The monoisotopic (exact) mass is 266 g/mol. The van der Waals surface area contributed by atoms with Gasteiger partial charge in [0.2, 0.25) is 0 Å². The van der Waals surface area contributed by atoms with Crippen molar-refractivity contribution in [2.24, 2.45) is 0 Å². The summed E-state index contributed by atoms with van der Waals surface area (Å²) in [4.78, 5) is 23.9. The molecule has 0 amide bonds. The third kappa shape index (κ3) is 6.38. The highest BCUT2D eigenvalue weighted by Gasteiger charge is 2.24. The maximum Gasteiger partial charge on any atom is 0.331 e. The fraction of sp³-hybridized carbons (Fsp3) is 0.462. The van der Waals surface area contributed by atoms with Gasteiger partial charge in [0.25, 0.3) is 0 Å². The van der Waals surface area contributed by atoms with Gasteiger partial charge in [0.05, 0.1) is 6.07 Å². The molecule has 19 heavy (non-hydrogen) atoms. The predicted octanol–water partition coefficient (Wildman–Crippen LogP) is 1.35. The lowest BCUT2D eigenvalue weighted by molar-refractivity contribution is -0.173. The van der Waals surface area contributed by atoms with Crippen molar-refractivity contribution < 1.29 is 19.1 Å². The molecule has 0 radical (unpaired) electrons. The van der Waals surface area contributed by atoms with E-state index in [2.05, 4.69) is 13.2 Å². The van der Waals surface area contributed by atoms with Crippen LogP contribution in [-0.4, -0.2) is 35.8 Å². The highest BCUT2D eigenvalue weighted by Crippen LogP contribution is 2.10. The number of carbonyl (C=O) groups is 2. The van der Waals surface area contributed by atoms with Gasteiger partial charge in [-0.25, -0.2) is 14.5 Å². The maximum atomic E-state index is 11.1. The topological polar surface area (TPSA) is 79.6 Å². The van der Waals surface area contributed by atoms with Crippen LogP contribution >= 0.6 is 0 Å². The first-order valence-corrected chi connectivity index (χ1v) is 5.75. The third-order valence-corrected chi connectivity index (χ3v) is 2.32. The summed E-state index contributed by atoms with van der Waals surface area (Å²) in [6.45, 7) is 10.1. The van der Waals surface area contributed by atoms with Crippen LogP contribution in [0.25, 0.3) is 0 Å². The molecular weight excluding hydrogens is 248 g/mol. The molecule has 0 bridgehead atoms. The van der Waals surface area contributed by atoms with Gasteiger partial charge in [-0.2, -0.15) is 5.26 Å². The van der Waals surface area contributed by atoms with Crippen LogP contribution < -0.4 is 0 Å². The molecule has 0 aliphatic carbocycles. The molecule has 0 saturated carbocycles. The number of ether oxygens (including phenoxy) is 2. The fourth-order valence-electron chi connectivity index (χ4n) is 1.41. The molecule has 0 fully saturated rings. The Balaban J connectivity index is 4.72. The Morgan fingerprint density at radius 3 is 1.95 bits per heavy atom. The summed E-state index contributed by atoms with van der Waals surface area (Å²) in [5, 5.41) is 8.61. The average molecular weight is 266 g/mol. The summed E-state index contributed by atoms with van der Waals surface area (Å²) >= 11 is 0. The molecule has 0 aliphatic heterocycles. The largest absolute Gasteiger partial charge is 0.443 e. The van der Waals surface area contributed by atoms with E-state index in [1.807, 2.05) is 6.07 Å². The summed E-state index contributed by atoms with van der Waals surface area (Å²) < 4.78 is 10.1. The Bertz CT molecular complexity index is 359. The van der Waals surface area contributed by atoms with Crippen LogP contribution in [0.5, 0.6) is 0 Å². The van der Waals surface area contributed by atoms with Crippen molar-refractivity contribution in [2.45, 2.75) is 32.7 Å². The van der Waals surface area contributed by atoms with Gasteiger partial charge < -0.3 is 9.47 Å². The first-order chi connectivity index (χ1) is 8.96. The van der Waals surface area contributed by atoms with Gasteiger partial charge in [0, 0.05) is 25.1 Å². The zero-order valence-electron chi connectivity index (χ0n) is 11.2. The fourth-order valence-corrected chi connectivity index (χ4v) is 1.41. The second kappa shape index (κ2) is 8.89. The molecule has 0 rings (SSSR count). The van der Waals surface area contributed by atoms with Crippen molar-refractivity contribution in [3.8, 4) is 6.07 Å². The van der Waals surface area contributed by atoms with Crippen molar-refractivity contribution in [1.29, 1.82) is 5.26 Å².